The Bertz CT molecular complexity index is 129. The average Bonchev–Trinajstić information content (AvgIpc) is 1.88. The van der Waals surface area contributed by atoms with Gasteiger partial charge in [0.25, 0.3) is 0 Å². The van der Waals surface area contributed by atoms with Crippen molar-refractivity contribution in [1.29, 1.82) is 0 Å². The highest BCUT2D eigenvalue weighted by Gasteiger charge is 2.28. The van der Waals surface area contributed by atoms with E-state index in [1.54, 1.807) is 0 Å². The topological polar surface area (TPSA) is 57.5 Å². The summed E-state index contributed by atoms with van der Waals surface area (Å²) in [7, 11) is 0. The molecular formula is C8H16O3. The molecule has 2 N–H and O–H groups in total. The summed E-state index contributed by atoms with van der Waals surface area (Å²) in [6, 6.07) is 0. The Labute approximate surface area is 67.0 Å². The number of unbranched alkanes of at least 4 members (excludes halogenated alkanes) is 2. The molecule has 0 saturated carbocycles. The molecule has 0 fully saturated rings. The van der Waals surface area contributed by atoms with Gasteiger partial charge in [-0.25, -0.2) is 4.79 Å². The quantitative estimate of drug-likeness (QED) is 0.598. The summed E-state index contributed by atoms with van der Waals surface area (Å²) in [4.78, 5) is 10.4. The summed E-state index contributed by atoms with van der Waals surface area (Å²) in [5.74, 6) is -1.13. The Morgan fingerprint density at radius 1 is 1.45 bits per heavy atom. The van der Waals surface area contributed by atoms with Crippen LogP contribution >= 0.6 is 0 Å². The van der Waals surface area contributed by atoms with E-state index in [0.717, 1.165) is 19.3 Å². The summed E-state index contributed by atoms with van der Waals surface area (Å²) in [6.45, 7) is 3.38. The first-order chi connectivity index (χ1) is 5.00. The zero-order valence-corrected chi connectivity index (χ0v) is 7.13. The minimum absolute atomic E-state index is 0.343. The Morgan fingerprint density at radius 2 is 2.00 bits per heavy atom. The standard InChI is InChI=1S/C8H16O3/c1-3-4-5-6-8(2,11)7(9)10/h11H,3-6H2,1-2H3,(H,9,10). The van der Waals surface area contributed by atoms with Crippen LogP contribution in [0.25, 0.3) is 0 Å². The monoisotopic (exact) mass is 160 g/mol. The molecule has 0 heterocycles. The van der Waals surface area contributed by atoms with Gasteiger partial charge in [0.15, 0.2) is 5.60 Å². The van der Waals surface area contributed by atoms with Crippen LogP contribution in [0.4, 0.5) is 0 Å². The van der Waals surface area contributed by atoms with Crippen molar-refractivity contribution in [2.24, 2.45) is 0 Å². The smallest absolute Gasteiger partial charge is 0.335 e. The minimum atomic E-state index is -1.53. The number of aliphatic carboxylic acids is 1. The first-order valence-corrected chi connectivity index (χ1v) is 3.96. The first kappa shape index (κ1) is 10.4. The second-order valence-electron chi connectivity index (χ2n) is 3.04. The lowest BCUT2D eigenvalue weighted by Gasteiger charge is -2.16. The third-order valence-corrected chi connectivity index (χ3v) is 1.73. The maximum absolute atomic E-state index is 10.4. The highest BCUT2D eigenvalue weighted by atomic mass is 16.4. The van der Waals surface area contributed by atoms with Gasteiger partial charge in [0.2, 0.25) is 0 Å². The molecule has 0 aliphatic heterocycles. The van der Waals surface area contributed by atoms with E-state index in [-0.39, 0.29) is 0 Å². The summed E-state index contributed by atoms with van der Waals surface area (Å²) < 4.78 is 0. The molecule has 11 heavy (non-hydrogen) atoms. The van der Waals surface area contributed by atoms with E-state index in [2.05, 4.69) is 0 Å². The van der Waals surface area contributed by atoms with Gasteiger partial charge in [0, 0.05) is 0 Å². The fraction of sp³-hybridized carbons (Fsp3) is 0.875. The van der Waals surface area contributed by atoms with Crippen LogP contribution < -0.4 is 0 Å². The fourth-order valence-electron chi connectivity index (χ4n) is 0.826. The highest BCUT2D eigenvalue weighted by Crippen LogP contribution is 2.14. The molecule has 3 heteroatoms. The molecule has 0 aromatic rings. The van der Waals surface area contributed by atoms with E-state index in [1.165, 1.54) is 6.92 Å². The van der Waals surface area contributed by atoms with Gasteiger partial charge in [-0.1, -0.05) is 19.8 Å². The summed E-state index contributed by atoms with van der Waals surface area (Å²) in [6.07, 6.45) is 3.13. The minimum Gasteiger partial charge on any atom is -0.479 e. The van der Waals surface area contributed by atoms with Gasteiger partial charge in [-0.15, -0.1) is 0 Å². The number of carboxylic acids is 1. The van der Waals surface area contributed by atoms with Crippen LogP contribution in [0.2, 0.25) is 0 Å². The number of rotatable bonds is 5. The van der Waals surface area contributed by atoms with Gasteiger partial charge < -0.3 is 10.2 Å². The second-order valence-corrected chi connectivity index (χ2v) is 3.04. The van der Waals surface area contributed by atoms with Crippen LogP contribution in [-0.2, 0) is 4.79 Å². The zero-order valence-electron chi connectivity index (χ0n) is 7.13. The molecule has 0 bridgehead atoms. The van der Waals surface area contributed by atoms with Crippen LogP contribution in [0.15, 0.2) is 0 Å². The van der Waals surface area contributed by atoms with Crippen molar-refractivity contribution in [1.82, 2.24) is 0 Å². The summed E-state index contributed by atoms with van der Waals surface area (Å²) in [5.41, 5.74) is -1.53. The maximum atomic E-state index is 10.4. The predicted molar refractivity (Wildman–Crippen MR) is 42.4 cm³/mol. The van der Waals surface area contributed by atoms with E-state index in [9.17, 15) is 9.90 Å². The van der Waals surface area contributed by atoms with E-state index in [4.69, 9.17) is 5.11 Å². The molecule has 0 radical (unpaired) electrons. The number of hydrogen-bond donors (Lipinski definition) is 2. The van der Waals surface area contributed by atoms with Crippen molar-refractivity contribution >= 4 is 5.97 Å². The summed E-state index contributed by atoms with van der Waals surface area (Å²) in [5, 5.41) is 17.7. The molecule has 66 valence electrons. The van der Waals surface area contributed by atoms with E-state index < -0.39 is 11.6 Å². The van der Waals surface area contributed by atoms with Crippen LogP contribution in [0.3, 0.4) is 0 Å². The second kappa shape index (κ2) is 4.34. The van der Waals surface area contributed by atoms with Crippen molar-refractivity contribution in [2.75, 3.05) is 0 Å². The molecule has 0 rings (SSSR count). The molecule has 0 aromatic carbocycles. The van der Waals surface area contributed by atoms with E-state index in [0.29, 0.717) is 6.42 Å². The molecule has 0 spiro atoms. The largest absolute Gasteiger partial charge is 0.479 e. The van der Waals surface area contributed by atoms with Crippen molar-refractivity contribution < 1.29 is 15.0 Å². The molecule has 1 unspecified atom stereocenters. The van der Waals surface area contributed by atoms with Crippen molar-refractivity contribution in [3.05, 3.63) is 0 Å². The van der Waals surface area contributed by atoms with Crippen molar-refractivity contribution in [3.63, 3.8) is 0 Å². The normalized spacial score (nSPS) is 15.9. The van der Waals surface area contributed by atoms with Crippen LogP contribution in [0.5, 0.6) is 0 Å². The van der Waals surface area contributed by atoms with Crippen LogP contribution in [-0.4, -0.2) is 21.8 Å². The van der Waals surface area contributed by atoms with Gasteiger partial charge in [-0.05, 0) is 19.8 Å². The maximum Gasteiger partial charge on any atom is 0.335 e. The van der Waals surface area contributed by atoms with Gasteiger partial charge in [-0.2, -0.15) is 0 Å². The van der Waals surface area contributed by atoms with Crippen molar-refractivity contribution in [3.8, 4) is 0 Å². The molecule has 0 amide bonds. The van der Waals surface area contributed by atoms with Crippen molar-refractivity contribution in [2.45, 2.75) is 45.1 Å². The predicted octanol–water partition coefficient (Wildman–Crippen LogP) is 1.40. The SMILES string of the molecule is CCCCCC(C)(O)C(=O)O. The average molecular weight is 160 g/mol. The molecule has 1 atom stereocenters. The Balaban J connectivity index is 3.64. The van der Waals surface area contributed by atoms with Gasteiger partial charge in [-0.3, -0.25) is 0 Å². The third-order valence-electron chi connectivity index (χ3n) is 1.73. The molecule has 0 aliphatic carbocycles. The Hall–Kier alpha value is -0.570. The van der Waals surface area contributed by atoms with Crippen LogP contribution in [0.1, 0.15) is 39.5 Å². The lowest BCUT2D eigenvalue weighted by atomic mass is 9.99. The molecule has 0 aromatic heterocycles. The number of hydrogen-bond acceptors (Lipinski definition) is 2. The number of carbonyl (C=O) groups is 1. The van der Waals surface area contributed by atoms with Gasteiger partial charge in [0.1, 0.15) is 0 Å². The Kier molecular flexibility index (Phi) is 4.11. The van der Waals surface area contributed by atoms with E-state index >= 15 is 0 Å². The van der Waals surface area contributed by atoms with Gasteiger partial charge in [0.05, 0.1) is 0 Å². The lowest BCUT2D eigenvalue weighted by molar-refractivity contribution is -0.157. The molecule has 0 saturated heterocycles. The summed E-state index contributed by atoms with van der Waals surface area (Å²) >= 11 is 0. The molecule has 3 nitrogen and oxygen atoms in total. The molecule has 0 aliphatic rings. The van der Waals surface area contributed by atoms with E-state index in [1.807, 2.05) is 6.92 Å². The lowest BCUT2D eigenvalue weighted by Crippen LogP contribution is -2.34. The zero-order chi connectivity index (χ0) is 8.91. The van der Waals surface area contributed by atoms with Gasteiger partial charge >= 0.3 is 5.97 Å². The Morgan fingerprint density at radius 3 is 2.36 bits per heavy atom. The number of carboxylic acid groups (broad SMARTS) is 1. The fourth-order valence-corrected chi connectivity index (χ4v) is 0.826. The first-order valence-electron chi connectivity index (χ1n) is 3.96. The third kappa shape index (κ3) is 3.98. The van der Waals surface area contributed by atoms with Crippen LogP contribution in [0, 0.1) is 0 Å². The number of aliphatic hydroxyl groups is 1. The molecular weight excluding hydrogens is 144 g/mol. The highest BCUT2D eigenvalue weighted by molar-refractivity contribution is 5.76.